The average molecular weight is 343 g/mol. The van der Waals surface area contributed by atoms with Gasteiger partial charge < -0.3 is 5.32 Å². The molecule has 0 bridgehead atoms. The van der Waals surface area contributed by atoms with Crippen LogP contribution in [0.15, 0.2) is 34.9 Å². The molecule has 3 amide bonds. The van der Waals surface area contributed by atoms with Crippen molar-refractivity contribution in [1.82, 2.24) is 10.3 Å². The van der Waals surface area contributed by atoms with Gasteiger partial charge in [-0.2, -0.15) is 0 Å². The minimum absolute atomic E-state index is 0.270. The number of fused-ring (bicyclic) bond motifs is 1. The fourth-order valence-electron chi connectivity index (χ4n) is 1.55. The molecule has 19 heavy (non-hydrogen) atoms. The van der Waals surface area contributed by atoms with E-state index in [0.717, 1.165) is 9.86 Å². The van der Waals surface area contributed by atoms with Crippen LogP contribution in [-0.2, 0) is 4.79 Å². The average Bonchev–Trinajstić information content (AvgIpc) is 2.38. The molecular weight excluding hydrogens is 334 g/mol. The van der Waals surface area contributed by atoms with Crippen LogP contribution in [-0.4, -0.2) is 22.8 Å². The SMILES string of the molecule is O=C(CCl)NC(=O)Nc1cccc2cc(Br)cnc12. The standard InChI is InChI=1S/C12H9BrClN3O2/c13-8-4-7-2-1-3-9(11(7)15-6-8)16-12(19)17-10(18)5-14/h1-4,6H,5H2,(H2,16,17,18,19). The Bertz CT molecular complexity index is 648. The van der Waals surface area contributed by atoms with Crippen LogP contribution in [0.3, 0.4) is 0 Å². The molecule has 0 atom stereocenters. The smallest absolute Gasteiger partial charge is 0.306 e. The Morgan fingerprint density at radius 3 is 2.89 bits per heavy atom. The minimum atomic E-state index is -0.636. The number of aromatic nitrogens is 1. The van der Waals surface area contributed by atoms with Gasteiger partial charge in [0.1, 0.15) is 5.88 Å². The molecule has 1 aromatic carbocycles. The van der Waals surface area contributed by atoms with E-state index in [1.807, 2.05) is 12.1 Å². The number of halogens is 2. The van der Waals surface area contributed by atoms with Gasteiger partial charge in [-0.05, 0) is 28.1 Å². The van der Waals surface area contributed by atoms with E-state index in [9.17, 15) is 9.59 Å². The van der Waals surface area contributed by atoms with Crippen LogP contribution in [0.25, 0.3) is 10.9 Å². The number of carbonyl (C=O) groups excluding carboxylic acids is 2. The lowest BCUT2D eigenvalue weighted by Gasteiger charge is -2.08. The molecule has 1 heterocycles. The molecule has 0 aliphatic carbocycles. The van der Waals surface area contributed by atoms with Crippen molar-refractivity contribution in [3.8, 4) is 0 Å². The van der Waals surface area contributed by atoms with Gasteiger partial charge in [-0.1, -0.05) is 12.1 Å². The number of pyridine rings is 1. The number of carbonyl (C=O) groups is 2. The van der Waals surface area contributed by atoms with E-state index in [-0.39, 0.29) is 5.88 Å². The van der Waals surface area contributed by atoms with Crippen LogP contribution in [0.2, 0.25) is 0 Å². The third-order valence-electron chi connectivity index (χ3n) is 2.30. The van der Waals surface area contributed by atoms with Gasteiger partial charge in [-0.15, -0.1) is 11.6 Å². The van der Waals surface area contributed by atoms with Crippen molar-refractivity contribution < 1.29 is 9.59 Å². The van der Waals surface area contributed by atoms with Crippen LogP contribution >= 0.6 is 27.5 Å². The van der Waals surface area contributed by atoms with Gasteiger partial charge in [0.05, 0.1) is 11.2 Å². The molecule has 0 saturated carbocycles. The predicted molar refractivity (Wildman–Crippen MR) is 77.3 cm³/mol. The Morgan fingerprint density at radius 1 is 1.37 bits per heavy atom. The van der Waals surface area contributed by atoms with Gasteiger partial charge in [0.25, 0.3) is 0 Å². The van der Waals surface area contributed by atoms with E-state index in [0.29, 0.717) is 11.2 Å². The molecule has 0 unspecified atom stereocenters. The van der Waals surface area contributed by atoms with Gasteiger partial charge in [-0.25, -0.2) is 4.79 Å². The highest BCUT2D eigenvalue weighted by Gasteiger charge is 2.09. The number of rotatable bonds is 2. The third-order valence-corrected chi connectivity index (χ3v) is 2.98. The molecule has 0 aliphatic heterocycles. The number of nitrogens with one attached hydrogen (secondary N) is 2. The van der Waals surface area contributed by atoms with Crippen molar-refractivity contribution in [3.05, 3.63) is 34.9 Å². The van der Waals surface area contributed by atoms with Crippen LogP contribution < -0.4 is 10.6 Å². The topological polar surface area (TPSA) is 71.1 Å². The summed E-state index contributed by atoms with van der Waals surface area (Å²) >= 11 is 8.63. The molecule has 0 aliphatic rings. The molecule has 1 aromatic heterocycles. The zero-order chi connectivity index (χ0) is 13.8. The second-order valence-electron chi connectivity index (χ2n) is 3.67. The number of nitrogens with zero attached hydrogens (tertiary/aromatic N) is 1. The Kier molecular flexibility index (Phi) is 4.34. The summed E-state index contributed by atoms with van der Waals surface area (Å²) in [6.45, 7) is 0. The number of amides is 3. The Hall–Kier alpha value is -1.66. The maximum absolute atomic E-state index is 11.6. The number of anilines is 1. The molecule has 2 aromatic rings. The monoisotopic (exact) mass is 341 g/mol. The summed E-state index contributed by atoms with van der Waals surface area (Å²) in [5, 5.41) is 5.53. The maximum atomic E-state index is 11.6. The van der Waals surface area contributed by atoms with Gasteiger partial charge in [0, 0.05) is 16.1 Å². The molecule has 0 fully saturated rings. The second kappa shape index (κ2) is 5.99. The molecule has 5 nitrogen and oxygen atoms in total. The van der Waals surface area contributed by atoms with E-state index in [1.54, 1.807) is 18.3 Å². The molecule has 0 radical (unpaired) electrons. The summed E-state index contributed by atoms with van der Waals surface area (Å²) in [6.07, 6.45) is 1.63. The van der Waals surface area contributed by atoms with Crippen molar-refractivity contribution in [2.45, 2.75) is 0 Å². The number of para-hydroxylation sites is 1. The fraction of sp³-hybridized carbons (Fsp3) is 0.0833. The van der Waals surface area contributed by atoms with Crippen molar-refractivity contribution in [1.29, 1.82) is 0 Å². The van der Waals surface area contributed by atoms with E-state index in [1.165, 1.54) is 0 Å². The molecule has 2 rings (SSSR count). The Morgan fingerprint density at radius 2 is 2.16 bits per heavy atom. The highest BCUT2D eigenvalue weighted by atomic mass is 79.9. The molecule has 98 valence electrons. The van der Waals surface area contributed by atoms with E-state index >= 15 is 0 Å². The summed E-state index contributed by atoms with van der Waals surface area (Å²) in [5.41, 5.74) is 1.16. The van der Waals surface area contributed by atoms with Gasteiger partial charge >= 0.3 is 6.03 Å². The largest absolute Gasteiger partial charge is 0.325 e. The highest BCUT2D eigenvalue weighted by Crippen LogP contribution is 2.23. The van der Waals surface area contributed by atoms with Crippen LogP contribution in [0, 0.1) is 0 Å². The van der Waals surface area contributed by atoms with Gasteiger partial charge in [0.15, 0.2) is 0 Å². The molecule has 0 spiro atoms. The Balaban J connectivity index is 2.26. The van der Waals surface area contributed by atoms with E-state index < -0.39 is 11.9 Å². The minimum Gasteiger partial charge on any atom is -0.306 e. The third kappa shape index (κ3) is 3.42. The number of hydrogen-bond donors (Lipinski definition) is 2. The first-order valence-electron chi connectivity index (χ1n) is 5.31. The quantitative estimate of drug-likeness (QED) is 0.824. The predicted octanol–water partition coefficient (Wildman–Crippen LogP) is 2.88. The fourth-order valence-corrected chi connectivity index (χ4v) is 1.96. The summed E-state index contributed by atoms with van der Waals surface area (Å²) in [6, 6.07) is 6.61. The summed E-state index contributed by atoms with van der Waals surface area (Å²) in [7, 11) is 0. The lowest BCUT2D eigenvalue weighted by atomic mass is 10.2. The summed E-state index contributed by atoms with van der Waals surface area (Å²) in [5.74, 6) is -0.830. The van der Waals surface area contributed by atoms with Crippen LogP contribution in [0.4, 0.5) is 10.5 Å². The first-order valence-corrected chi connectivity index (χ1v) is 6.64. The highest BCUT2D eigenvalue weighted by molar-refractivity contribution is 9.10. The maximum Gasteiger partial charge on any atom is 0.325 e. The summed E-state index contributed by atoms with van der Waals surface area (Å²) in [4.78, 5) is 26.8. The van der Waals surface area contributed by atoms with Crippen molar-refractivity contribution in [2.24, 2.45) is 0 Å². The number of hydrogen-bond acceptors (Lipinski definition) is 3. The molecule has 0 saturated heterocycles. The zero-order valence-corrected chi connectivity index (χ0v) is 12.0. The van der Waals surface area contributed by atoms with Crippen molar-refractivity contribution >= 4 is 56.1 Å². The molecule has 2 N–H and O–H groups in total. The number of imide groups is 1. The van der Waals surface area contributed by atoms with Crippen molar-refractivity contribution in [2.75, 3.05) is 11.2 Å². The van der Waals surface area contributed by atoms with Gasteiger partial charge in [0.2, 0.25) is 5.91 Å². The number of benzene rings is 1. The Labute approximate surface area is 122 Å². The summed E-state index contributed by atoms with van der Waals surface area (Å²) < 4.78 is 0.846. The lowest BCUT2D eigenvalue weighted by molar-refractivity contribution is -0.117. The van der Waals surface area contributed by atoms with E-state index in [2.05, 4.69) is 31.5 Å². The lowest BCUT2D eigenvalue weighted by Crippen LogP contribution is -2.35. The molecule has 7 heteroatoms. The number of urea groups is 1. The first-order chi connectivity index (χ1) is 9.10. The normalized spacial score (nSPS) is 10.2. The number of alkyl halides is 1. The second-order valence-corrected chi connectivity index (χ2v) is 4.85. The van der Waals surface area contributed by atoms with Gasteiger partial charge in [-0.3, -0.25) is 15.1 Å². The first kappa shape index (κ1) is 13.8. The van der Waals surface area contributed by atoms with Crippen LogP contribution in [0.5, 0.6) is 0 Å². The van der Waals surface area contributed by atoms with Crippen LogP contribution in [0.1, 0.15) is 0 Å². The van der Waals surface area contributed by atoms with Crippen molar-refractivity contribution in [3.63, 3.8) is 0 Å². The molecular formula is C12H9BrClN3O2. The van der Waals surface area contributed by atoms with E-state index in [4.69, 9.17) is 11.6 Å². The zero-order valence-electron chi connectivity index (χ0n) is 9.61.